The molecule has 10 heteroatoms. The number of ether oxygens (including phenoxy) is 1. The minimum absolute atomic E-state index is 0.0646. The van der Waals surface area contributed by atoms with Crippen LogP contribution in [0, 0.1) is 0 Å². The first kappa shape index (κ1) is 19.9. The summed E-state index contributed by atoms with van der Waals surface area (Å²) in [6.45, 7) is 3.82. The van der Waals surface area contributed by atoms with E-state index in [1.54, 1.807) is 17.1 Å². The van der Waals surface area contributed by atoms with Gasteiger partial charge in [-0.1, -0.05) is 0 Å². The molecule has 30 heavy (non-hydrogen) atoms. The van der Waals surface area contributed by atoms with Crippen molar-refractivity contribution in [2.75, 3.05) is 5.32 Å². The summed E-state index contributed by atoms with van der Waals surface area (Å²) in [5.41, 5.74) is 2.72. The topological polar surface area (TPSA) is 123 Å². The molecule has 3 aromatic heterocycles. The number of hydrogen-bond acceptors (Lipinski definition) is 7. The first-order chi connectivity index (χ1) is 14.5. The molecule has 0 radical (unpaired) electrons. The lowest BCUT2D eigenvalue weighted by atomic mass is 10.0. The number of nitrogens with zero attached hydrogens (tertiary/aromatic N) is 5. The number of nitrogens with one attached hydrogen (secondary N) is 3. The van der Waals surface area contributed by atoms with Gasteiger partial charge >= 0.3 is 6.09 Å². The Bertz CT molecular complexity index is 1010. The van der Waals surface area contributed by atoms with Crippen LogP contribution < -0.4 is 10.6 Å². The Morgan fingerprint density at radius 1 is 1.37 bits per heavy atom. The molecule has 1 amide bonds. The van der Waals surface area contributed by atoms with Gasteiger partial charge in [-0.2, -0.15) is 10.2 Å². The van der Waals surface area contributed by atoms with Gasteiger partial charge in [0, 0.05) is 48.7 Å². The smallest absolute Gasteiger partial charge is 0.407 e. The van der Waals surface area contributed by atoms with Crippen LogP contribution in [-0.2, 0) is 11.8 Å². The van der Waals surface area contributed by atoms with Crippen LogP contribution in [0.1, 0.15) is 44.7 Å². The molecule has 0 bridgehead atoms. The molecule has 4 rings (SSSR count). The second kappa shape index (κ2) is 8.52. The number of amides is 1. The van der Waals surface area contributed by atoms with E-state index in [-0.39, 0.29) is 24.2 Å². The highest BCUT2D eigenvalue weighted by Crippen LogP contribution is 2.36. The van der Waals surface area contributed by atoms with Gasteiger partial charge in [-0.25, -0.2) is 14.8 Å². The molecule has 10 nitrogen and oxygen atoms in total. The summed E-state index contributed by atoms with van der Waals surface area (Å²) < 4.78 is 7.24. The highest BCUT2D eigenvalue weighted by atomic mass is 16.6. The molecule has 0 unspecified atom stereocenters. The van der Waals surface area contributed by atoms with Gasteiger partial charge in [0.2, 0.25) is 5.95 Å². The van der Waals surface area contributed by atoms with Crippen molar-refractivity contribution in [1.82, 2.24) is 35.3 Å². The van der Waals surface area contributed by atoms with E-state index in [0.29, 0.717) is 11.8 Å². The van der Waals surface area contributed by atoms with Crippen LogP contribution >= 0.6 is 0 Å². The van der Waals surface area contributed by atoms with Crippen molar-refractivity contribution in [2.24, 2.45) is 7.05 Å². The molecule has 2 atom stereocenters. The van der Waals surface area contributed by atoms with Gasteiger partial charge in [-0.15, -0.1) is 0 Å². The molecular formula is C20H26N8O2. The fourth-order valence-electron chi connectivity index (χ4n) is 3.61. The maximum atomic E-state index is 11.8. The number of aryl methyl sites for hydroxylation is 1. The van der Waals surface area contributed by atoms with Crippen molar-refractivity contribution in [2.45, 2.75) is 51.2 Å². The monoisotopic (exact) mass is 410 g/mol. The largest absolute Gasteiger partial charge is 0.446 e. The third kappa shape index (κ3) is 4.76. The van der Waals surface area contributed by atoms with Gasteiger partial charge in [-0.05, 0) is 39.2 Å². The van der Waals surface area contributed by atoms with E-state index in [2.05, 4.69) is 35.9 Å². The zero-order valence-electron chi connectivity index (χ0n) is 17.3. The van der Waals surface area contributed by atoms with E-state index in [1.165, 1.54) is 0 Å². The molecule has 0 saturated heterocycles. The van der Waals surface area contributed by atoms with Crippen LogP contribution in [0.25, 0.3) is 11.3 Å². The number of anilines is 2. The molecule has 1 saturated carbocycles. The van der Waals surface area contributed by atoms with Gasteiger partial charge in [0.05, 0.1) is 11.9 Å². The van der Waals surface area contributed by atoms with Gasteiger partial charge in [0.1, 0.15) is 6.10 Å². The maximum absolute atomic E-state index is 11.8. The summed E-state index contributed by atoms with van der Waals surface area (Å²) in [5.74, 6) is 1.38. The number of rotatable bonds is 6. The highest BCUT2D eigenvalue weighted by Gasteiger charge is 2.30. The molecule has 3 heterocycles. The third-order valence-corrected chi connectivity index (χ3v) is 5.00. The summed E-state index contributed by atoms with van der Waals surface area (Å²) >= 11 is 0. The van der Waals surface area contributed by atoms with E-state index >= 15 is 0 Å². The quantitative estimate of drug-likeness (QED) is 0.570. The Labute approximate surface area is 174 Å². The first-order valence-corrected chi connectivity index (χ1v) is 10.1. The van der Waals surface area contributed by atoms with Crippen molar-refractivity contribution >= 4 is 17.9 Å². The van der Waals surface area contributed by atoms with Crippen molar-refractivity contribution < 1.29 is 9.53 Å². The van der Waals surface area contributed by atoms with Crippen LogP contribution in [0.5, 0.6) is 0 Å². The molecule has 0 spiro atoms. The summed E-state index contributed by atoms with van der Waals surface area (Å²) in [4.78, 5) is 20.6. The van der Waals surface area contributed by atoms with Crippen LogP contribution in [0.2, 0.25) is 0 Å². The van der Waals surface area contributed by atoms with Crippen molar-refractivity contribution in [3.8, 4) is 11.3 Å². The SMILES string of the molecule is CC(C)NC(=O)O[C@@H]1CC[C@H](c2cc(Nc3nccc(-c4cnn(C)c4)n3)n[nH]2)C1. The average molecular weight is 410 g/mol. The van der Waals surface area contributed by atoms with Crippen LogP contribution in [0.15, 0.2) is 30.7 Å². The molecular weight excluding hydrogens is 384 g/mol. The number of hydrogen-bond donors (Lipinski definition) is 3. The summed E-state index contributed by atoms with van der Waals surface area (Å²) in [6.07, 6.45) is 7.49. The van der Waals surface area contributed by atoms with Crippen LogP contribution in [-0.4, -0.2) is 48.2 Å². The predicted molar refractivity (Wildman–Crippen MR) is 111 cm³/mol. The number of carbonyl (C=O) groups is 1. The van der Waals surface area contributed by atoms with Gasteiger partial charge in [0.15, 0.2) is 5.82 Å². The number of alkyl carbamates (subject to hydrolysis) is 1. The van der Waals surface area contributed by atoms with Crippen molar-refractivity contribution in [3.05, 3.63) is 36.4 Å². The maximum Gasteiger partial charge on any atom is 0.407 e. The molecule has 158 valence electrons. The standard InChI is InChI=1S/C20H26N8O2/c1-12(2)23-20(29)30-15-5-4-13(8-15)17-9-18(27-26-17)25-19-21-7-6-16(24-19)14-10-22-28(3)11-14/h6-7,9-13,15H,4-5,8H2,1-3H3,(H,23,29)(H2,21,24,25,26,27)/t13-,15+/m0/s1. The molecule has 3 N–H and O–H groups in total. The molecule has 1 aliphatic carbocycles. The fourth-order valence-corrected chi connectivity index (χ4v) is 3.61. The number of aromatic amines is 1. The van der Waals surface area contributed by atoms with E-state index in [1.807, 2.05) is 39.2 Å². The Morgan fingerprint density at radius 3 is 3.00 bits per heavy atom. The van der Waals surface area contributed by atoms with E-state index in [9.17, 15) is 4.79 Å². The zero-order valence-corrected chi connectivity index (χ0v) is 17.3. The molecule has 1 fully saturated rings. The first-order valence-electron chi connectivity index (χ1n) is 10.1. The molecule has 3 aromatic rings. The Kier molecular flexibility index (Phi) is 5.64. The normalized spacial score (nSPS) is 18.5. The third-order valence-electron chi connectivity index (χ3n) is 5.00. The fraction of sp³-hybridized carbons (Fsp3) is 0.450. The van der Waals surface area contributed by atoms with Gasteiger partial charge in [0.25, 0.3) is 0 Å². The Morgan fingerprint density at radius 2 is 2.23 bits per heavy atom. The minimum atomic E-state index is -0.353. The summed E-state index contributed by atoms with van der Waals surface area (Å²) in [7, 11) is 1.87. The van der Waals surface area contributed by atoms with Crippen LogP contribution in [0.3, 0.4) is 0 Å². The highest BCUT2D eigenvalue weighted by molar-refractivity contribution is 5.67. The number of H-pyrrole nitrogens is 1. The molecule has 1 aliphatic rings. The van der Waals surface area contributed by atoms with Gasteiger partial charge in [-0.3, -0.25) is 9.78 Å². The van der Waals surface area contributed by atoms with Crippen molar-refractivity contribution in [3.63, 3.8) is 0 Å². The zero-order chi connectivity index (χ0) is 21.1. The predicted octanol–water partition coefficient (Wildman–Crippen LogP) is 3.11. The van der Waals surface area contributed by atoms with Crippen molar-refractivity contribution in [1.29, 1.82) is 0 Å². The summed E-state index contributed by atoms with van der Waals surface area (Å²) in [6, 6.07) is 3.86. The Hall–Kier alpha value is -3.43. The number of carbonyl (C=O) groups excluding carboxylic acids is 1. The molecule has 0 aliphatic heterocycles. The lowest BCUT2D eigenvalue weighted by Crippen LogP contribution is -2.33. The second-order valence-corrected chi connectivity index (χ2v) is 7.84. The lowest BCUT2D eigenvalue weighted by molar-refractivity contribution is 0.0981. The van der Waals surface area contributed by atoms with Crippen LogP contribution in [0.4, 0.5) is 16.6 Å². The Balaban J connectivity index is 1.36. The minimum Gasteiger partial charge on any atom is -0.446 e. The average Bonchev–Trinajstić information content (AvgIpc) is 3.42. The number of aromatic nitrogens is 6. The molecule has 0 aromatic carbocycles. The van der Waals surface area contributed by atoms with E-state index in [0.717, 1.165) is 36.2 Å². The van der Waals surface area contributed by atoms with Gasteiger partial charge < -0.3 is 15.4 Å². The van der Waals surface area contributed by atoms with E-state index in [4.69, 9.17) is 4.74 Å². The second-order valence-electron chi connectivity index (χ2n) is 7.84. The van der Waals surface area contributed by atoms with E-state index < -0.39 is 0 Å². The summed E-state index contributed by atoms with van der Waals surface area (Å²) in [5, 5.41) is 17.5. The lowest BCUT2D eigenvalue weighted by Gasteiger charge is -2.14.